The Labute approximate surface area is 122 Å². The van der Waals surface area contributed by atoms with Gasteiger partial charge in [-0.3, -0.25) is 4.79 Å². The van der Waals surface area contributed by atoms with Crippen LogP contribution in [-0.2, 0) is 6.42 Å². The van der Waals surface area contributed by atoms with Gasteiger partial charge >= 0.3 is 0 Å². The van der Waals surface area contributed by atoms with E-state index in [-0.39, 0.29) is 5.91 Å². The predicted molar refractivity (Wildman–Crippen MR) is 82.5 cm³/mol. The highest BCUT2D eigenvalue weighted by molar-refractivity contribution is 9.10. The molecule has 0 aliphatic carbocycles. The van der Waals surface area contributed by atoms with Crippen molar-refractivity contribution < 1.29 is 4.79 Å². The third kappa shape index (κ3) is 3.67. The normalized spacial score (nSPS) is 10.2. The number of rotatable bonds is 4. The quantitative estimate of drug-likeness (QED) is 0.873. The molecule has 1 N–H and O–H groups in total. The summed E-state index contributed by atoms with van der Waals surface area (Å²) in [7, 11) is 0. The summed E-state index contributed by atoms with van der Waals surface area (Å²) in [6.07, 6.45) is 2.03. The van der Waals surface area contributed by atoms with Crippen LogP contribution in [0.4, 0.5) is 5.69 Å². The lowest BCUT2D eigenvalue weighted by Gasteiger charge is -2.10. The molecule has 0 atom stereocenters. The molecule has 98 valence electrons. The zero-order valence-corrected chi connectivity index (χ0v) is 12.4. The van der Waals surface area contributed by atoms with E-state index < -0.39 is 0 Å². The van der Waals surface area contributed by atoms with Crippen molar-refractivity contribution in [2.45, 2.75) is 19.8 Å². The van der Waals surface area contributed by atoms with Crippen molar-refractivity contribution in [1.29, 1.82) is 0 Å². The van der Waals surface area contributed by atoms with Gasteiger partial charge in [-0.25, -0.2) is 0 Å². The second kappa shape index (κ2) is 6.53. The molecule has 0 aromatic heterocycles. The summed E-state index contributed by atoms with van der Waals surface area (Å²) in [5, 5.41) is 2.98. The second-order valence-electron chi connectivity index (χ2n) is 4.37. The molecule has 0 saturated carbocycles. The van der Waals surface area contributed by atoms with E-state index >= 15 is 0 Å². The zero-order chi connectivity index (χ0) is 13.7. The first-order valence-electron chi connectivity index (χ1n) is 6.35. The van der Waals surface area contributed by atoms with Crippen LogP contribution in [0.2, 0.25) is 0 Å². The van der Waals surface area contributed by atoms with Crippen LogP contribution < -0.4 is 5.32 Å². The Morgan fingerprint density at radius 2 is 1.95 bits per heavy atom. The van der Waals surface area contributed by atoms with E-state index in [2.05, 4.69) is 34.2 Å². The van der Waals surface area contributed by atoms with Crippen molar-refractivity contribution in [3.05, 3.63) is 64.1 Å². The lowest BCUT2D eigenvalue weighted by atomic mass is 10.1. The fraction of sp³-hybridized carbons (Fsp3) is 0.188. The van der Waals surface area contributed by atoms with Gasteiger partial charge in [0.25, 0.3) is 5.91 Å². The van der Waals surface area contributed by atoms with Crippen LogP contribution >= 0.6 is 15.9 Å². The Balaban J connectivity index is 2.19. The van der Waals surface area contributed by atoms with E-state index in [1.807, 2.05) is 42.5 Å². The van der Waals surface area contributed by atoms with Gasteiger partial charge in [0, 0.05) is 15.7 Å². The summed E-state index contributed by atoms with van der Waals surface area (Å²) >= 11 is 3.38. The molecular weight excluding hydrogens is 302 g/mol. The Morgan fingerprint density at radius 3 is 2.68 bits per heavy atom. The zero-order valence-electron chi connectivity index (χ0n) is 10.8. The number of nitrogens with one attached hydrogen (secondary N) is 1. The van der Waals surface area contributed by atoms with E-state index in [1.165, 1.54) is 5.56 Å². The van der Waals surface area contributed by atoms with Gasteiger partial charge < -0.3 is 5.32 Å². The first-order valence-corrected chi connectivity index (χ1v) is 7.15. The third-order valence-corrected chi connectivity index (χ3v) is 3.36. The first kappa shape index (κ1) is 13.8. The maximum Gasteiger partial charge on any atom is 0.255 e. The molecule has 0 radical (unpaired) electrons. The molecular formula is C16H16BrNO. The second-order valence-corrected chi connectivity index (χ2v) is 5.29. The lowest BCUT2D eigenvalue weighted by molar-refractivity contribution is 0.102. The van der Waals surface area contributed by atoms with Crippen molar-refractivity contribution >= 4 is 27.5 Å². The minimum absolute atomic E-state index is 0.0788. The number of aryl methyl sites for hydroxylation is 1. The number of benzene rings is 2. The molecule has 0 spiro atoms. The topological polar surface area (TPSA) is 29.1 Å². The average molecular weight is 318 g/mol. The van der Waals surface area contributed by atoms with E-state index in [0.717, 1.165) is 23.0 Å². The van der Waals surface area contributed by atoms with E-state index in [4.69, 9.17) is 0 Å². The summed E-state index contributed by atoms with van der Waals surface area (Å²) < 4.78 is 0.905. The highest BCUT2D eigenvalue weighted by Crippen LogP contribution is 2.19. The molecule has 0 fully saturated rings. The number of para-hydroxylation sites is 1. The van der Waals surface area contributed by atoms with E-state index in [9.17, 15) is 4.79 Å². The van der Waals surface area contributed by atoms with Crippen LogP contribution in [0.1, 0.15) is 29.3 Å². The Kier molecular flexibility index (Phi) is 4.74. The molecule has 2 aromatic rings. The highest BCUT2D eigenvalue weighted by atomic mass is 79.9. The first-order chi connectivity index (χ1) is 9.20. The van der Waals surface area contributed by atoms with Crippen LogP contribution in [0, 0.1) is 0 Å². The van der Waals surface area contributed by atoms with Crippen LogP contribution in [0.25, 0.3) is 0 Å². The van der Waals surface area contributed by atoms with Crippen LogP contribution in [0.5, 0.6) is 0 Å². The van der Waals surface area contributed by atoms with Crippen LogP contribution in [-0.4, -0.2) is 5.91 Å². The molecule has 0 aliphatic heterocycles. The summed E-state index contributed by atoms with van der Waals surface area (Å²) in [5.74, 6) is -0.0788. The maximum absolute atomic E-state index is 12.2. The predicted octanol–water partition coefficient (Wildman–Crippen LogP) is 4.65. The molecule has 0 heterocycles. The Morgan fingerprint density at radius 1 is 1.16 bits per heavy atom. The molecule has 2 rings (SSSR count). The average Bonchev–Trinajstić information content (AvgIpc) is 2.41. The highest BCUT2D eigenvalue weighted by Gasteiger charge is 2.08. The molecule has 1 amide bonds. The van der Waals surface area contributed by atoms with Gasteiger partial charge in [0.1, 0.15) is 0 Å². The van der Waals surface area contributed by atoms with Crippen molar-refractivity contribution in [3.63, 3.8) is 0 Å². The van der Waals surface area contributed by atoms with E-state index in [1.54, 1.807) is 0 Å². The summed E-state index contributed by atoms with van der Waals surface area (Å²) in [5.41, 5.74) is 2.73. The summed E-state index contributed by atoms with van der Waals surface area (Å²) in [6, 6.07) is 15.3. The van der Waals surface area contributed by atoms with Crippen LogP contribution in [0.15, 0.2) is 53.0 Å². The third-order valence-electron chi connectivity index (χ3n) is 2.87. The Bertz CT molecular complexity index is 580. The number of carbonyl (C=O) groups is 1. The minimum Gasteiger partial charge on any atom is -0.322 e. The van der Waals surface area contributed by atoms with Gasteiger partial charge in [-0.2, -0.15) is 0 Å². The number of hydrogen-bond acceptors (Lipinski definition) is 1. The SMILES string of the molecule is CCCc1ccccc1NC(=O)c1cccc(Br)c1. The van der Waals surface area contributed by atoms with Crippen molar-refractivity contribution in [2.75, 3.05) is 5.32 Å². The van der Waals surface area contributed by atoms with Crippen molar-refractivity contribution in [1.82, 2.24) is 0 Å². The fourth-order valence-corrected chi connectivity index (χ4v) is 2.35. The molecule has 0 aliphatic rings. The van der Waals surface area contributed by atoms with Gasteiger partial charge in [-0.15, -0.1) is 0 Å². The number of halogens is 1. The smallest absolute Gasteiger partial charge is 0.255 e. The van der Waals surface area contributed by atoms with E-state index in [0.29, 0.717) is 5.56 Å². The number of anilines is 1. The molecule has 2 nitrogen and oxygen atoms in total. The van der Waals surface area contributed by atoms with Gasteiger partial charge in [0.15, 0.2) is 0 Å². The number of hydrogen-bond donors (Lipinski definition) is 1. The molecule has 0 bridgehead atoms. The number of amides is 1. The fourth-order valence-electron chi connectivity index (χ4n) is 1.95. The van der Waals surface area contributed by atoms with Crippen molar-refractivity contribution in [2.24, 2.45) is 0 Å². The molecule has 2 aromatic carbocycles. The maximum atomic E-state index is 12.2. The largest absolute Gasteiger partial charge is 0.322 e. The molecule has 0 unspecified atom stereocenters. The van der Waals surface area contributed by atoms with Gasteiger partial charge in [0.2, 0.25) is 0 Å². The van der Waals surface area contributed by atoms with Crippen LogP contribution in [0.3, 0.4) is 0 Å². The summed E-state index contributed by atoms with van der Waals surface area (Å²) in [4.78, 5) is 12.2. The molecule has 3 heteroatoms. The van der Waals surface area contributed by atoms with Gasteiger partial charge in [-0.1, -0.05) is 53.5 Å². The molecule has 19 heavy (non-hydrogen) atoms. The monoisotopic (exact) mass is 317 g/mol. The van der Waals surface area contributed by atoms with Crippen molar-refractivity contribution in [3.8, 4) is 0 Å². The minimum atomic E-state index is -0.0788. The molecule has 0 saturated heterocycles. The van der Waals surface area contributed by atoms with Gasteiger partial charge in [0.05, 0.1) is 0 Å². The van der Waals surface area contributed by atoms with Gasteiger partial charge in [-0.05, 0) is 36.2 Å². The summed E-state index contributed by atoms with van der Waals surface area (Å²) in [6.45, 7) is 2.13. The lowest BCUT2D eigenvalue weighted by Crippen LogP contribution is -2.13. The number of carbonyl (C=O) groups excluding carboxylic acids is 1. The standard InChI is InChI=1S/C16H16BrNO/c1-2-6-12-7-3-4-10-15(12)18-16(19)13-8-5-9-14(17)11-13/h3-5,7-11H,2,6H2,1H3,(H,18,19). The Hall–Kier alpha value is -1.61.